The number of hydrogen-bond acceptors (Lipinski definition) is 3. The number of benzene rings is 2. The maximum absolute atomic E-state index is 12.3. The van der Waals surface area contributed by atoms with E-state index in [9.17, 15) is 9.59 Å². The summed E-state index contributed by atoms with van der Waals surface area (Å²) in [5.41, 5.74) is 1.39. The Bertz CT molecular complexity index is 899. The van der Waals surface area contributed by atoms with Gasteiger partial charge in [0.2, 0.25) is 0 Å². The van der Waals surface area contributed by atoms with Gasteiger partial charge in [-0.3, -0.25) is 9.59 Å². The molecule has 0 saturated carbocycles. The van der Waals surface area contributed by atoms with Gasteiger partial charge >= 0.3 is 0 Å². The molecule has 122 valence electrons. The highest BCUT2D eigenvalue weighted by atomic mass is 16.3. The molecule has 4 nitrogen and oxygen atoms in total. The molecular weight excluding hydrogens is 302 g/mol. The van der Waals surface area contributed by atoms with Crippen LogP contribution in [0.3, 0.4) is 0 Å². The Morgan fingerprint density at radius 1 is 1.08 bits per heavy atom. The molecule has 1 amide bonds. The number of amides is 1. The lowest BCUT2D eigenvalue weighted by molar-refractivity contribution is 0.0923. The predicted octanol–water partition coefficient (Wildman–Crippen LogP) is 3.72. The topological polar surface area (TPSA) is 59.3 Å². The molecule has 0 fully saturated rings. The molecule has 0 aliphatic rings. The van der Waals surface area contributed by atoms with Gasteiger partial charge in [0.15, 0.2) is 11.2 Å². The van der Waals surface area contributed by atoms with Gasteiger partial charge in [-0.2, -0.15) is 0 Å². The Morgan fingerprint density at radius 2 is 1.79 bits per heavy atom. The van der Waals surface area contributed by atoms with Crippen LogP contribution in [0.5, 0.6) is 0 Å². The van der Waals surface area contributed by atoms with Gasteiger partial charge in [-0.05, 0) is 24.1 Å². The van der Waals surface area contributed by atoms with E-state index in [0.717, 1.165) is 6.42 Å². The zero-order chi connectivity index (χ0) is 16.9. The predicted molar refractivity (Wildman–Crippen MR) is 94.3 cm³/mol. The average Bonchev–Trinajstić information content (AvgIpc) is 2.63. The Balaban J connectivity index is 1.76. The van der Waals surface area contributed by atoms with E-state index in [-0.39, 0.29) is 23.0 Å². The monoisotopic (exact) mass is 321 g/mol. The maximum atomic E-state index is 12.3. The molecule has 3 aromatic rings. The van der Waals surface area contributed by atoms with Crippen LogP contribution in [0.25, 0.3) is 11.0 Å². The van der Waals surface area contributed by atoms with Gasteiger partial charge in [0.05, 0.1) is 5.39 Å². The largest absolute Gasteiger partial charge is 0.451 e. The zero-order valence-corrected chi connectivity index (χ0v) is 13.5. The van der Waals surface area contributed by atoms with Crippen LogP contribution < -0.4 is 10.7 Å². The summed E-state index contributed by atoms with van der Waals surface area (Å²) in [4.78, 5) is 24.4. The quantitative estimate of drug-likeness (QED) is 0.779. The van der Waals surface area contributed by atoms with Crippen molar-refractivity contribution in [1.29, 1.82) is 0 Å². The van der Waals surface area contributed by atoms with Crippen molar-refractivity contribution in [1.82, 2.24) is 5.32 Å². The molecule has 3 rings (SSSR count). The van der Waals surface area contributed by atoms with Crippen molar-refractivity contribution in [2.75, 3.05) is 6.54 Å². The molecule has 0 unspecified atom stereocenters. The first kappa shape index (κ1) is 16.0. The van der Waals surface area contributed by atoms with E-state index in [0.29, 0.717) is 17.5 Å². The highest BCUT2D eigenvalue weighted by Crippen LogP contribution is 2.18. The first-order valence-corrected chi connectivity index (χ1v) is 8.05. The molecule has 0 saturated heterocycles. The van der Waals surface area contributed by atoms with Gasteiger partial charge in [0.1, 0.15) is 5.58 Å². The standard InChI is InChI=1S/C20H19NO3/c1-2-14(15-8-4-3-5-9-15)13-21-20(23)19-12-17(22)16-10-6-7-11-18(16)24-19/h3-12,14H,2,13H2,1H3,(H,21,23)/t14-/m1/s1. The molecule has 0 aliphatic carbocycles. The van der Waals surface area contributed by atoms with Gasteiger partial charge in [-0.1, -0.05) is 49.4 Å². The Morgan fingerprint density at radius 3 is 2.54 bits per heavy atom. The van der Waals surface area contributed by atoms with Crippen LogP contribution in [0.1, 0.15) is 35.4 Å². The average molecular weight is 321 g/mol. The van der Waals surface area contributed by atoms with Crippen molar-refractivity contribution >= 4 is 16.9 Å². The van der Waals surface area contributed by atoms with Crippen LogP contribution in [-0.4, -0.2) is 12.5 Å². The summed E-state index contributed by atoms with van der Waals surface area (Å²) < 4.78 is 5.56. The van der Waals surface area contributed by atoms with E-state index in [1.807, 2.05) is 18.2 Å². The lowest BCUT2D eigenvalue weighted by atomic mass is 9.96. The van der Waals surface area contributed by atoms with Crippen LogP contribution in [0.15, 0.2) is 69.9 Å². The summed E-state index contributed by atoms with van der Waals surface area (Å²) in [6.07, 6.45) is 0.909. The van der Waals surface area contributed by atoms with Crippen molar-refractivity contribution in [2.24, 2.45) is 0 Å². The Labute approximate surface area is 140 Å². The van der Waals surface area contributed by atoms with E-state index in [1.54, 1.807) is 24.3 Å². The number of carbonyl (C=O) groups is 1. The minimum atomic E-state index is -0.368. The third-order valence-electron chi connectivity index (χ3n) is 4.13. The molecule has 0 aliphatic heterocycles. The summed E-state index contributed by atoms with van der Waals surface area (Å²) in [6.45, 7) is 2.58. The first-order valence-electron chi connectivity index (χ1n) is 8.05. The molecule has 1 N–H and O–H groups in total. The summed E-state index contributed by atoms with van der Waals surface area (Å²) in [7, 11) is 0. The van der Waals surface area contributed by atoms with E-state index < -0.39 is 0 Å². The second-order valence-corrected chi connectivity index (χ2v) is 5.70. The fraction of sp³-hybridized carbons (Fsp3) is 0.200. The third-order valence-corrected chi connectivity index (χ3v) is 4.13. The van der Waals surface area contributed by atoms with Crippen LogP contribution in [0.4, 0.5) is 0 Å². The lowest BCUT2D eigenvalue weighted by Gasteiger charge is -2.16. The van der Waals surface area contributed by atoms with Crippen molar-refractivity contribution in [3.8, 4) is 0 Å². The summed E-state index contributed by atoms with van der Waals surface area (Å²) in [5.74, 6) is -0.101. The van der Waals surface area contributed by atoms with Crippen LogP contribution in [0.2, 0.25) is 0 Å². The minimum absolute atomic E-state index is 0.0432. The fourth-order valence-corrected chi connectivity index (χ4v) is 2.74. The molecule has 1 atom stereocenters. The number of nitrogens with one attached hydrogen (secondary N) is 1. The van der Waals surface area contributed by atoms with Gasteiger partial charge < -0.3 is 9.73 Å². The SMILES string of the molecule is CC[C@H](CNC(=O)c1cc(=O)c2ccccc2o1)c1ccccc1. The molecular formula is C20H19NO3. The number of rotatable bonds is 5. The van der Waals surface area contributed by atoms with Crippen molar-refractivity contribution in [3.63, 3.8) is 0 Å². The Hall–Kier alpha value is -2.88. The third kappa shape index (κ3) is 3.38. The second-order valence-electron chi connectivity index (χ2n) is 5.70. The van der Waals surface area contributed by atoms with Crippen molar-refractivity contribution < 1.29 is 9.21 Å². The molecule has 0 radical (unpaired) electrons. The molecule has 2 aromatic carbocycles. The highest BCUT2D eigenvalue weighted by Gasteiger charge is 2.15. The molecule has 1 aromatic heterocycles. The van der Waals surface area contributed by atoms with Gasteiger partial charge in [-0.25, -0.2) is 0 Å². The summed E-state index contributed by atoms with van der Waals surface area (Å²) in [6, 6.07) is 18.2. The minimum Gasteiger partial charge on any atom is -0.451 e. The number of fused-ring (bicyclic) bond motifs is 1. The maximum Gasteiger partial charge on any atom is 0.287 e. The highest BCUT2D eigenvalue weighted by molar-refractivity contribution is 5.93. The van der Waals surface area contributed by atoms with E-state index in [2.05, 4.69) is 24.4 Å². The van der Waals surface area contributed by atoms with Gasteiger partial charge in [0, 0.05) is 18.5 Å². The van der Waals surface area contributed by atoms with E-state index in [1.165, 1.54) is 11.6 Å². The number of carbonyl (C=O) groups excluding carboxylic acids is 1. The lowest BCUT2D eigenvalue weighted by Crippen LogP contribution is -2.29. The Kier molecular flexibility index (Phi) is 4.75. The summed E-state index contributed by atoms with van der Waals surface area (Å²) in [5, 5.41) is 3.35. The fourth-order valence-electron chi connectivity index (χ4n) is 2.74. The van der Waals surface area contributed by atoms with E-state index >= 15 is 0 Å². The van der Waals surface area contributed by atoms with Gasteiger partial charge in [0.25, 0.3) is 5.91 Å². The first-order chi connectivity index (χ1) is 11.7. The summed E-state index contributed by atoms with van der Waals surface area (Å²) >= 11 is 0. The van der Waals surface area contributed by atoms with Crippen LogP contribution in [0, 0.1) is 0 Å². The molecule has 0 bridgehead atoms. The van der Waals surface area contributed by atoms with E-state index in [4.69, 9.17) is 4.42 Å². The van der Waals surface area contributed by atoms with Crippen LogP contribution >= 0.6 is 0 Å². The van der Waals surface area contributed by atoms with Crippen LogP contribution in [-0.2, 0) is 0 Å². The number of hydrogen-bond donors (Lipinski definition) is 1. The van der Waals surface area contributed by atoms with Crippen molar-refractivity contribution in [3.05, 3.63) is 82.2 Å². The molecule has 1 heterocycles. The van der Waals surface area contributed by atoms with Crippen molar-refractivity contribution in [2.45, 2.75) is 19.3 Å². The van der Waals surface area contributed by atoms with Gasteiger partial charge in [-0.15, -0.1) is 0 Å². The normalized spacial score (nSPS) is 12.0. The zero-order valence-electron chi connectivity index (χ0n) is 13.5. The second kappa shape index (κ2) is 7.13. The molecule has 0 spiro atoms. The molecule has 4 heteroatoms. The molecule has 24 heavy (non-hydrogen) atoms. The smallest absolute Gasteiger partial charge is 0.287 e. The number of para-hydroxylation sites is 1.